The predicted molar refractivity (Wildman–Crippen MR) is 74.3 cm³/mol. The van der Waals surface area contributed by atoms with Gasteiger partial charge in [-0.05, 0) is 31.6 Å². The molecule has 0 aromatic carbocycles. The Labute approximate surface area is 116 Å². The van der Waals surface area contributed by atoms with Gasteiger partial charge in [-0.3, -0.25) is 13.8 Å². The standard InChI is InChI=1S/C13H23NO4S/c1-3-4-7-14-12(17)10(2)19(18)9-13(5-6-13)8-11(15)16/h10H,3-9H2,1-2H3,(H,14,17)(H,15,16). The molecule has 1 aliphatic rings. The summed E-state index contributed by atoms with van der Waals surface area (Å²) in [5.41, 5.74) is -0.325. The zero-order valence-corrected chi connectivity index (χ0v) is 12.4. The van der Waals surface area contributed by atoms with Crippen LogP contribution in [0.2, 0.25) is 0 Å². The van der Waals surface area contributed by atoms with Crippen LogP contribution in [0.15, 0.2) is 0 Å². The number of carboxylic acid groups (broad SMARTS) is 1. The quantitative estimate of drug-likeness (QED) is 0.627. The number of hydrogen-bond acceptors (Lipinski definition) is 3. The van der Waals surface area contributed by atoms with Gasteiger partial charge in [0.2, 0.25) is 5.91 Å². The lowest BCUT2D eigenvalue weighted by atomic mass is 10.1. The molecule has 2 unspecified atom stereocenters. The lowest BCUT2D eigenvalue weighted by Crippen LogP contribution is -2.38. The van der Waals surface area contributed by atoms with Gasteiger partial charge in [0, 0.05) is 23.1 Å². The molecule has 5 nitrogen and oxygen atoms in total. The van der Waals surface area contributed by atoms with Crippen molar-refractivity contribution in [3.63, 3.8) is 0 Å². The van der Waals surface area contributed by atoms with E-state index in [9.17, 15) is 13.8 Å². The number of hydrogen-bond donors (Lipinski definition) is 2. The minimum absolute atomic E-state index is 0.0584. The fourth-order valence-electron chi connectivity index (χ4n) is 1.95. The smallest absolute Gasteiger partial charge is 0.303 e. The number of rotatable bonds is 9. The van der Waals surface area contributed by atoms with E-state index < -0.39 is 22.0 Å². The van der Waals surface area contributed by atoms with E-state index in [0.717, 1.165) is 25.7 Å². The van der Waals surface area contributed by atoms with Crippen LogP contribution in [-0.2, 0) is 20.4 Å². The summed E-state index contributed by atoms with van der Waals surface area (Å²) in [4.78, 5) is 22.5. The summed E-state index contributed by atoms with van der Waals surface area (Å²) < 4.78 is 12.1. The van der Waals surface area contributed by atoms with E-state index in [2.05, 4.69) is 5.32 Å². The lowest BCUT2D eigenvalue weighted by molar-refractivity contribution is -0.138. The number of carbonyl (C=O) groups is 2. The number of nitrogens with one attached hydrogen (secondary N) is 1. The van der Waals surface area contributed by atoms with E-state index in [0.29, 0.717) is 12.3 Å². The molecule has 2 atom stereocenters. The molecule has 0 saturated heterocycles. The average molecular weight is 289 g/mol. The molecule has 0 aromatic rings. The first-order valence-corrected chi connectivity index (χ1v) is 8.15. The topological polar surface area (TPSA) is 83.5 Å². The number of unbranched alkanes of at least 4 members (excludes halogenated alkanes) is 1. The highest BCUT2D eigenvalue weighted by Gasteiger charge is 2.46. The largest absolute Gasteiger partial charge is 0.481 e. The zero-order valence-electron chi connectivity index (χ0n) is 11.6. The molecule has 1 fully saturated rings. The summed E-state index contributed by atoms with van der Waals surface area (Å²) in [6, 6.07) is 0. The second kappa shape index (κ2) is 7.03. The number of aliphatic carboxylic acids is 1. The monoisotopic (exact) mass is 289 g/mol. The zero-order chi connectivity index (χ0) is 14.5. The van der Waals surface area contributed by atoms with Gasteiger partial charge >= 0.3 is 5.97 Å². The van der Waals surface area contributed by atoms with E-state index in [1.165, 1.54) is 0 Å². The first-order valence-electron chi connectivity index (χ1n) is 6.77. The molecule has 0 aliphatic heterocycles. The Morgan fingerprint density at radius 2 is 2.05 bits per heavy atom. The van der Waals surface area contributed by atoms with Gasteiger partial charge in [0.25, 0.3) is 0 Å². The second-order valence-corrected chi connectivity index (χ2v) is 7.14. The maximum atomic E-state index is 12.1. The van der Waals surface area contributed by atoms with Gasteiger partial charge in [-0.15, -0.1) is 0 Å². The number of amides is 1. The summed E-state index contributed by atoms with van der Waals surface area (Å²) in [5, 5.41) is 11.0. The third-order valence-corrected chi connectivity index (χ3v) is 5.42. The lowest BCUT2D eigenvalue weighted by Gasteiger charge is -2.16. The highest BCUT2D eigenvalue weighted by Crippen LogP contribution is 2.49. The molecule has 0 radical (unpaired) electrons. The molecule has 0 heterocycles. The molecule has 1 saturated carbocycles. The van der Waals surface area contributed by atoms with Crippen molar-refractivity contribution in [1.29, 1.82) is 0 Å². The first-order chi connectivity index (χ1) is 8.90. The van der Waals surface area contributed by atoms with Gasteiger partial charge in [0.1, 0.15) is 5.25 Å². The Morgan fingerprint density at radius 3 is 2.53 bits per heavy atom. The number of carbonyl (C=O) groups excluding carboxylic acids is 1. The fourth-order valence-corrected chi connectivity index (χ4v) is 3.51. The molecular weight excluding hydrogens is 266 g/mol. The Balaban J connectivity index is 2.40. The van der Waals surface area contributed by atoms with Crippen LogP contribution in [0.3, 0.4) is 0 Å². The summed E-state index contributed by atoms with van der Waals surface area (Å²) in [7, 11) is -1.30. The van der Waals surface area contributed by atoms with Crippen molar-refractivity contribution in [2.24, 2.45) is 5.41 Å². The Kier molecular flexibility index (Phi) is 5.97. The van der Waals surface area contributed by atoms with Gasteiger partial charge in [-0.1, -0.05) is 13.3 Å². The van der Waals surface area contributed by atoms with Crippen molar-refractivity contribution in [2.45, 2.75) is 51.2 Å². The van der Waals surface area contributed by atoms with Crippen molar-refractivity contribution in [2.75, 3.05) is 12.3 Å². The fraction of sp³-hybridized carbons (Fsp3) is 0.846. The molecule has 1 amide bonds. The van der Waals surface area contributed by atoms with E-state index in [1.54, 1.807) is 6.92 Å². The van der Waals surface area contributed by atoms with Crippen LogP contribution in [0.1, 0.15) is 46.0 Å². The Morgan fingerprint density at radius 1 is 1.42 bits per heavy atom. The molecule has 2 N–H and O–H groups in total. The van der Waals surface area contributed by atoms with E-state index >= 15 is 0 Å². The van der Waals surface area contributed by atoms with Crippen LogP contribution >= 0.6 is 0 Å². The molecule has 0 aromatic heterocycles. The summed E-state index contributed by atoms with van der Waals surface area (Å²) in [5.74, 6) is -0.728. The van der Waals surface area contributed by atoms with Crippen LogP contribution in [0, 0.1) is 5.41 Å². The normalized spacial score (nSPS) is 19.5. The minimum Gasteiger partial charge on any atom is -0.481 e. The molecule has 110 valence electrons. The van der Waals surface area contributed by atoms with Crippen molar-refractivity contribution >= 4 is 22.7 Å². The van der Waals surface area contributed by atoms with Crippen molar-refractivity contribution < 1.29 is 18.9 Å². The van der Waals surface area contributed by atoms with Gasteiger partial charge < -0.3 is 10.4 Å². The third-order valence-electron chi connectivity index (χ3n) is 3.52. The maximum absolute atomic E-state index is 12.1. The Bertz CT molecular complexity index is 366. The maximum Gasteiger partial charge on any atom is 0.303 e. The van der Waals surface area contributed by atoms with E-state index in [-0.39, 0.29) is 17.7 Å². The van der Waals surface area contributed by atoms with E-state index in [1.807, 2.05) is 6.92 Å². The molecule has 19 heavy (non-hydrogen) atoms. The van der Waals surface area contributed by atoms with Gasteiger partial charge in [0.05, 0.1) is 6.42 Å². The molecule has 0 bridgehead atoms. The van der Waals surface area contributed by atoms with Crippen LogP contribution in [0.25, 0.3) is 0 Å². The van der Waals surface area contributed by atoms with E-state index in [4.69, 9.17) is 5.11 Å². The summed E-state index contributed by atoms with van der Waals surface area (Å²) in [6.45, 7) is 4.29. The average Bonchev–Trinajstić information content (AvgIpc) is 3.06. The highest BCUT2D eigenvalue weighted by atomic mass is 32.2. The van der Waals surface area contributed by atoms with Crippen molar-refractivity contribution in [3.05, 3.63) is 0 Å². The van der Waals surface area contributed by atoms with Crippen LogP contribution in [0.5, 0.6) is 0 Å². The minimum atomic E-state index is -1.30. The summed E-state index contributed by atoms with van der Waals surface area (Å²) >= 11 is 0. The SMILES string of the molecule is CCCCNC(=O)C(C)S(=O)CC1(CC(=O)O)CC1. The highest BCUT2D eigenvalue weighted by molar-refractivity contribution is 7.86. The predicted octanol–water partition coefficient (Wildman–Crippen LogP) is 1.29. The third kappa shape index (κ3) is 5.30. The molecule has 1 rings (SSSR count). The van der Waals surface area contributed by atoms with Gasteiger partial charge in [-0.2, -0.15) is 0 Å². The van der Waals surface area contributed by atoms with Gasteiger partial charge in [-0.25, -0.2) is 0 Å². The molecular formula is C13H23NO4S. The van der Waals surface area contributed by atoms with Crippen LogP contribution < -0.4 is 5.32 Å². The van der Waals surface area contributed by atoms with Crippen LogP contribution in [-0.4, -0.2) is 38.7 Å². The molecule has 0 spiro atoms. The number of carboxylic acids is 1. The Hall–Kier alpha value is -0.910. The van der Waals surface area contributed by atoms with Crippen molar-refractivity contribution in [3.8, 4) is 0 Å². The second-order valence-electron chi connectivity index (χ2n) is 5.38. The first kappa shape index (κ1) is 16.1. The summed E-state index contributed by atoms with van der Waals surface area (Å²) in [6.07, 6.45) is 3.57. The van der Waals surface area contributed by atoms with Gasteiger partial charge in [0.15, 0.2) is 0 Å². The van der Waals surface area contributed by atoms with Crippen LogP contribution in [0.4, 0.5) is 0 Å². The van der Waals surface area contributed by atoms with Crippen molar-refractivity contribution in [1.82, 2.24) is 5.32 Å². The molecule has 1 aliphatic carbocycles. The molecule has 6 heteroatoms.